The van der Waals surface area contributed by atoms with Crippen molar-refractivity contribution in [1.82, 2.24) is 0 Å². The van der Waals surface area contributed by atoms with Crippen molar-refractivity contribution < 1.29 is 18.7 Å². The average molecular weight is 297 g/mol. The van der Waals surface area contributed by atoms with E-state index in [0.717, 1.165) is 17.0 Å². The Bertz CT molecular complexity index is 632. The number of rotatable bonds is 3. The Hall–Kier alpha value is -1.82. The Labute approximate surface area is 130 Å². The molecule has 3 fully saturated rings. The Morgan fingerprint density at radius 1 is 0.818 bits per heavy atom. The van der Waals surface area contributed by atoms with E-state index in [1.54, 1.807) is 0 Å². The summed E-state index contributed by atoms with van der Waals surface area (Å²) in [6.07, 6.45) is 0. The van der Waals surface area contributed by atoms with Crippen molar-refractivity contribution in [3.05, 3.63) is 54.6 Å². The Morgan fingerprint density at radius 2 is 1.36 bits per heavy atom. The molecule has 4 nitrogen and oxygen atoms in total. The van der Waals surface area contributed by atoms with Gasteiger partial charge in [-0.2, -0.15) is 0 Å². The van der Waals surface area contributed by atoms with Crippen LogP contribution in [0.5, 0.6) is 11.5 Å². The summed E-state index contributed by atoms with van der Waals surface area (Å²) in [5, 5.41) is 0. The van der Waals surface area contributed by atoms with Gasteiger partial charge in [-0.1, -0.05) is 37.3 Å². The van der Waals surface area contributed by atoms with Gasteiger partial charge >= 0.3 is 6.75 Å². The molecule has 0 N–H and O–H groups in total. The van der Waals surface area contributed by atoms with Crippen molar-refractivity contribution in [2.75, 3.05) is 19.8 Å². The zero-order chi connectivity index (χ0) is 15.0. The van der Waals surface area contributed by atoms with Crippen LogP contribution in [-0.2, 0) is 14.0 Å². The zero-order valence-corrected chi connectivity index (χ0v) is 12.5. The van der Waals surface area contributed by atoms with E-state index in [1.165, 1.54) is 0 Å². The zero-order valence-electron chi connectivity index (χ0n) is 12.5. The van der Waals surface area contributed by atoms with E-state index in [-0.39, 0.29) is 5.41 Å². The Kier molecular flexibility index (Phi) is 3.22. The second-order valence-corrected chi connectivity index (χ2v) is 6.37. The van der Waals surface area contributed by atoms with E-state index >= 15 is 0 Å². The number of ether oxygens (including phenoxy) is 1. The van der Waals surface area contributed by atoms with Crippen LogP contribution in [0.1, 0.15) is 6.92 Å². The van der Waals surface area contributed by atoms with Gasteiger partial charge in [0.15, 0.2) is 0 Å². The maximum Gasteiger partial charge on any atom is 0.409 e. The highest BCUT2D eigenvalue weighted by atomic mass is 16.8. The van der Waals surface area contributed by atoms with Crippen molar-refractivity contribution in [2.24, 2.45) is 5.41 Å². The molecule has 0 spiro atoms. The van der Waals surface area contributed by atoms with Gasteiger partial charge in [0.05, 0.1) is 0 Å². The van der Waals surface area contributed by atoms with E-state index in [2.05, 4.69) is 6.92 Å². The van der Waals surface area contributed by atoms with Gasteiger partial charge in [-0.25, -0.2) is 0 Å². The summed E-state index contributed by atoms with van der Waals surface area (Å²) in [6.45, 7) is 2.35. The van der Waals surface area contributed by atoms with Crippen molar-refractivity contribution in [3.8, 4) is 11.5 Å². The van der Waals surface area contributed by atoms with Gasteiger partial charge in [0, 0.05) is 25.2 Å². The molecule has 0 saturated carbocycles. The maximum absolute atomic E-state index is 5.89. The SMILES string of the molecule is CC12CO[B-](c3ccc(Oc4ccccc4)cc3)(OC1)OC2. The molecule has 0 radical (unpaired) electrons. The van der Waals surface area contributed by atoms with Crippen LogP contribution in [0.4, 0.5) is 0 Å². The van der Waals surface area contributed by atoms with Gasteiger partial charge in [-0.3, -0.25) is 0 Å². The largest absolute Gasteiger partial charge is 0.540 e. The molecule has 2 aromatic rings. The molecule has 3 saturated heterocycles. The van der Waals surface area contributed by atoms with E-state index in [9.17, 15) is 0 Å². The molecule has 0 unspecified atom stereocenters. The van der Waals surface area contributed by atoms with E-state index in [4.69, 9.17) is 18.7 Å². The lowest BCUT2D eigenvalue weighted by Crippen LogP contribution is -2.68. The van der Waals surface area contributed by atoms with Crippen LogP contribution in [0.15, 0.2) is 54.6 Å². The van der Waals surface area contributed by atoms with Gasteiger partial charge in [-0.05, 0) is 24.3 Å². The lowest BCUT2D eigenvalue weighted by molar-refractivity contribution is -0.119. The summed E-state index contributed by atoms with van der Waals surface area (Å²) in [4.78, 5) is 0. The summed E-state index contributed by atoms with van der Waals surface area (Å²) in [6, 6.07) is 17.4. The van der Waals surface area contributed by atoms with Crippen LogP contribution in [-0.4, -0.2) is 26.6 Å². The van der Waals surface area contributed by atoms with Crippen LogP contribution in [0.25, 0.3) is 0 Å². The quantitative estimate of drug-likeness (QED) is 0.816. The lowest BCUT2D eigenvalue weighted by Gasteiger charge is -2.58. The fourth-order valence-corrected chi connectivity index (χ4v) is 2.89. The number of hydrogen-bond acceptors (Lipinski definition) is 4. The summed E-state index contributed by atoms with van der Waals surface area (Å²) in [7, 11) is 0. The Balaban J connectivity index is 1.53. The second kappa shape index (κ2) is 5.12. The highest BCUT2D eigenvalue weighted by molar-refractivity contribution is 6.75. The predicted octanol–water partition coefficient (Wildman–Crippen LogP) is 2.71. The third-order valence-corrected chi connectivity index (χ3v) is 4.22. The molecule has 2 bridgehead atoms. The standard InChI is InChI=1S/C17H18BO4/c1-17-11-19-18(20-12-17,21-13-17)14-7-9-16(10-8-14)22-15-5-3-2-4-6-15/h2-10H,11-13H2,1H3/q-1. The first-order chi connectivity index (χ1) is 10.7. The molecule has 22 heavy (non-hydrogen) atoms. The molecule has 3 aliphatic rings. The fraction of sp³-hybridized carbons (Fsp3) is 0.294. The topological polar surface area (TPSA) is 36.9 Å². The second-order valence-electron chi connectivity index (χ2n) is 6.37. The first-order valence-electron chi connectivity index (χ1n) is 7.56. The molecule has 0 atom stereocenters. The third kappa shape index (κ3) is 2.41. The molecule has 5 rings (SSSR count). The van der Waals surface area contributed by atoms with Gasteiger partial charge < -0.3 is 18.7 Å². The summed E-state index contributed by atoms with van der Waals surface area (Å²) >= 11 is 0. The number of hydrogen-bond donors (Lipinski definition) is 0. The summed E-state index contributed by atoms with van der Waals surface area (Å²) in [5.41, 5.74) is 0.905. The summed E-state index contributed by atoms with van der Waals surface area (Å²) < 4.78 is 23.5. The third-order valence-electron chi connectivity index (χ3n) is 4.22. The minimum atomic E-state index is -1.79. The van der Waals surface area contributed by atoms with Crippen LogP contribution in [0.3, 0.4) is 0 Å². The molecule has 5 heteroatoms. The van der Waals surface area contributed by atoms with Gasteiger partial charge in [-0.15, -0.1) is 5.46 Å². The fourth-order valence-electron chi connectivity index (χ4n) is 2.89. The predicted molar refractivity (Wildman–Crippen MR) is 84.3 cm³/mol. The average Bonchev–Trinajstić information content (AvgIpc) is 2.58. The smallest absolute Gasteiger partial charge is 0.409 e. The first-order valence-corrected chi connectivity index (χ1v) is 7.56. The number of para-hydroxylation sites is 1. The van der Waals surface area contributed by atoms with E-state index in [1.807, 2.05) is 54.6 Å². The molecule has 3 heterocycles. The molecular formula is C17H18BO4-. The molecular weight excluding hydrogens is 279 g/mol. The highest BCUT2D eigenvalue weighted by Gasteiger charge is 2.46. The van der Waals surface area contributed by atoms with Crippen molar-refractivity contribution in [2.45, 2.75) is 6.92 Å². The van der Waals surface area contributed by atoms with Gasteiger partial charge in [0.1, 0.15) is 11.5 Å². The van der Waals surface area contributed by atoms with Gasteiger partial charge in [0.25, 0.3) is 0 Å². The van der Waals surface area contributed by atoms with E-state index in [0.29, 0.717) is 19.8 Å². The van der Waals surface area contributed by atoms with Gasteiger partial charge in [0.2, 0.25) is 0 Å². The molecule has 114 valence electrons. The molecule has 0 amide bonds. The van der Waals surface area contributed by atoms with Crippen LogP contribution < -0.4 is 10.2 Å². The van der Waals surface area contributed by atoms with Crippen LogP contribution in [0.2, 0.25) is 0 Å². The molecule has 2 aromatic carbocycles. The molecule has 3 aliphatic heterocycles. The lowest BCUT2D eigenvalue weighted by atomic mass is 9.64. The summed E-state index contributed by atoms with van der Waals surface area (Å²) in [5.74, 6) is 1.59. The molecule has 0 aliphatic carbocycles. The maximum atomic E-state index is 5.89. The van der Waals surface area contributed by atoms with Crippen molar-refractivity contribution in [3.63, 3.8) is 0 Å². The highest BCUT2D eigenvalue weighted by Crippen LogP contribution is 2.35. The number of fused-ring (bicyclic) bond motifs is 3. The number of benzene rings is 2. The van der Waals surface area contributed by atoms with Crippen LogP contribution in [0, 0.1) is 5.41 Å². The van der Waals surface area contributed by atoms with Crippen molar-refractivity contribution >= 4 is 12.2 Å². The van der Waals surface area contributed by atoms with Crippen LogP contribution >= 0.6 is 0 Å². The first kappa shape index (κ1) is 13.8. The normalized spacial score (nSPS) is 30.2. The Morgan fingerprint density at radius 3 is 1.95 bits per heavy atom. The minimum Gasteiger partial charge on any atom is -0.540 e. The van der Waals surface area contributed by atoms with E-state index < -0.39 is 6.75 Å². The minimum absolute atomic E-state index is 0.0140. The van der Waals surface area contributed by atoms with Crippen molar-refractivity contribution in [1.29, 1.82) is 0 Å². The monoisotopic (exact) mass is 297 g/mol. The molecule has 0 aromatic heterocycles.